The molecular weight excluding hydrogens is 914 g/mol. The molecule has 0 bridgehead atoms. The minimum atomic E-state index is -4.70. The summed E-state index contributed by atoms with van der Waals surface area (Å²) in [6.07, 6.45) is 0. The van der Waals surface area contributed by atoms with Gasteiger partial charge in [0.1, 0.15) is 32.7 Å². The summed E-state index contributed by atoms with van der Waals surface area (Å²) in [6.45, 7) is 0. The minimum Gasteiger partial charge on any atom is -0.507 e. The van der Waals surface area contributed by atoms with Crippen molar-refractivity contribution in [3.05, 3.63) is 92.1 Å². The van der Waals surface area contributed by atoms with Gasteiger partial charge in [0, 0.05) is 17.9 Å². The molecule has 254 valence electrons. The predicted octanol–water partition coefficient (Wildman–Crippen LogP) is 8.77. The Morgan fingerprint density at radius 3 is 1.16 bits per heavy atom. The van der Waals surface area contributed by atoms with Gasteiger partial charge in [0.05, 0.1) is 33.5 Å². The second kappa shape index (κ2) is 13.3. The zero-order chi connectivity index (χ0) is 36.1. The molecule has 0 aliphatic rings. The number of phenolic OH excluding ortho intramolecular Hbond substituents is 2. The lowest BCUT2D eigenvalue weighted by molar-refractivity contribution is 0.479. The van der Waals surface area contributed by atoms with Gasteiger partial charge >= 0.3 is 0 Å². The highest BCUT2D eigenvalue weighted by molar-refractivity contribution is 14.1. The molecule has 0 aliphatic heterocycles. The van der Waals surface area contributed by atoms with Gasteiger partial charge < -0.3 is 21.7 Å². The summed E-state index contributed by atoms with van der Waals surface area (Å²) in [5.74, 6) is -0.563. The van der Waals surface area contributed by atoms with Gasteiger partial charge in [-0.1, -0.05) is 24.3 Å². The van der Waals surface area contributed by atoms with Crippen molar-refractivity contribution in [1.82, 2.24) is 0 Å². The van der Waals surface area contributed by atoms with Crippen LogP contribution < -0.4 is 11.5 Å². The van der Waals surface area contributed by atoms with Crippen LogP contribution in [0.25, 0.3) is 32.7 Å². The van der Waals surface area contributed by atoms with Crippen LogP contribution in [-0.4, -0.2) is 36.2 Å². The number of azo groups is 2. The molecule has 0 amide bonds. The summed E-state index contributed by atoms with van der Waals surface area (Å²) in [4.78, 5) is -0.932. The number of nitrogens with two attached hydrogens (primary N) is 2. The first-order chi connectivity index (χ1) is 23.5. The van der Waals surface area contributed by atoms with Gasteiger partial charge in [0.2, 0.25) is 0 Å². The monoisotopic (exact) mass is 936 g/mol. The van der Waals surface area contributed by atoms with E-state index in [-0.39, 0.29) is 55.8 Å². The molecule has 0 unspecified atom stereocenters. The summed E-state index contributed by atoms with van der Waals surface area (Å²) >= 11 is 3.76. The molecule has 0 aromatic heterocycles. The number of nitrogens with zero attached hydrogens (tertiary/aromatic N) is 4. The summed E-state index contributed by atoms with van der Waals surface area (Å²) in [5, 5.41) is 37.6. The van der Waals surface area contributed by atoms with Crippen molar-refractivity contribution in [1.29, 1.82) is 0 Å². The molecule has 6 rings (SSSR count). The minimum absolute atomic E-state index is 0.0175. The Morgan fingerprint density at radius 1 is 0.500 bits per heavy atom. The number of fused-ring (bicyclic) bond motifs is 2. The number of nitrogen functional groups attached to an aromatic ring is 2. The first-order valence-electron chi connectivity index (χ1n) is 14.0. The van der Waals surface area contributed by atoms with E-state index < -0.39 is 30.0 Å². The largest absolute Gasteiger partial charge is 0.507 e. The second-order valence-corrected chi connectivity index (χ2v) is 15.8. The van der Waals surface area contributed by atoms with E-state index in [1.165, 1.54) is 24.3 Å². The molecule has 0 radical (unpaired) electrons. The van der Waals surface area contributed by atoms with Gasteiger partial charge in [0.25, 0.3) is 20.2 Å². The third-order valence-corrected chi connectivity index (χ3v) is 11.1. The predicted molar refractivity (Wildman–Crippen MR) is 205 cm³/mol. The second-order valence-electron chi connectivity index (χ2n) is 10.7. The van der Waals surface area contributed by atoms with Crippen molar-refractivity contribution in [2.45, 2.75) is 9.79 Å². The zero-order valence-corrected chi connectivity index (χ0v) is 31.0. The molecule has 0 saturated heterocycles. The lowest BCUT2D eigenvalue weighted by atomic mass is 10.1. The summed E-state index contributed by atoms with van der Waals surface area (Å²) in [7, 11) is -9.40. The van der Waals surface area contributed by atoms with Crippen LogP contribution in [0.5, 0.6) is 11.5 Å². The molecule has 14 nitrogen and oxygen atoms in total. The molecular formula is C32H22I2N6O8S2. The maximum atomic E-state index is 12.2. The fraction of sp³-hybridized carbons (Fsp3) is 0. The van der Waals surface area contributed by atoms with Gasteiger partial charge in [-0.15, -0.1) is 10.2 Å². The molecule has 0 saturated carbocycles. The Hall–Kier alpha value is -4.48. The molecule has 0 aliphatic carbocycles. The molecule has 18 heteroatoms. The van der Waals surface area contributed by atoms with E-state index in [9.17, 15) is 36.2 Å². The maximum absolute atomic E-state index is 12.2. The molecule has 0 heterocycles. The highest BCUT2D eigenvalue weighted by atomic mass is 127. The molecule has 8 N–H and O–H groups in total. The summed E-state index contributed by atoms with van der Waals surface area (Å²) < 4.78 is 69.3. The third-order valence-electron chi connectivity index (χ3n) is 7.55. The number of benzene rings is 6. The number of halogens is 2. The average Bonchev–Trinajstić information content (AvgIpc) is 3.06. The molecule has 0 atom stereocenters. The highest BCUT2D eigenvalue weighted by Gasteiger charge is 2.24. The van der Waals surface area contributed by atoms with Gasteiger partial charge in [-0.25, -0.2) is 0 Å². The third kappa shape index (κ3) is 6.81. The first-order valence-corrected chi connectivity index (χ1v) is 19.0. The van der Waals surface area contributed by atoms with Crippen LogP contribution in [0.1, 0.15) is 0 Å². The molecule has 6 aromatic rings. The highest BCUT2D eigenvalue weighted by Crippen LogP contribution is 2.44. The summed E-state index contributed by atoms with van der Waals surface area (Å²) in [6, 6.07) is 21.6. The zero-order valence-electron chi connectivity index (χ0n) is 25.0. The molecule has 0 fully saturated rings. The van der Waals surface area contributed by atoms with E-state index in [0.29, 0.717) is 18.5 Å². The van der Waals surface area contributed by atoms with Crippen LogP contribution in [0.15, 0.2) is 115 Å². The lowest BCUT2D eigenvalue weighted by Gasteiger charge is -2.12. The Kier molecular flexibility index (Phi) is 9.43. The smallest absolute Gasteiger partial charge is 0.295 e. The van der Waals surface area contributed by atoms with Gasteiger partial charge in [-0.05, 0) is 117 Å². The van der Waals surface area contributed by atoms with Crippen molar-refractivity contribution in [2.24, 2.45) is 20.5 Å². The number of rotatable bonds is 7. The quantitative estimate of drug-likeness (QED) is 0.0384. The van der Waals surface area contributed by atoms with E-state index in [0.717, 1.165) is 23.3 Å². The van der Waals surface area contributed by atoms with E-state index >= 15 is 0 Å². The van der Waals surface area contributed by atoms with Gasteiger partial charge in [-0.2, -0.15) is 27.1 Å². The number of aromatic hydroxyl groups is 2. The van der Waals surface area contributed by atoms with E-state index in [4.69, 9.17) is 11.5 Å². The Labute approximate surface area is 311 Å². The number of hydrogen-bond acceptors (Lipinski definition) is 12. The summed E-state index contributed by atoms with van der Waals surface area (Å²) in [5.41, 5.74) is 14.7. The van der Waals surface area contributed by atoms with Gasteiger partial charge in [-0.3, -0.25) is 9.11 Å². The molecule has 50 heavy (non-hydrogen) atoms. The van der Waals surface area contributed by atoms with Crippen LogP contribution in [0, 0.1) is 7.14 Å². The van der Waals surface area contributed by atoms with Gasteiger partial charge in [0.15, 0.2) is 0 Å². The normalized spacial score (nSPS) is 12.5. The Bertz CT molecular complexity index is 2470. The molecule has 6 aromatic carbocycles. The van der Waals surface area contributed by atoms with Crippen molar-refractivity contribution >= 4 is 121 Å². The Balaban J connectivity index is 1.26. The van der Waals surface area contributed by atoms with Crippen molar-refractivity contribution < 1.29 is 36.2 Å². The first kappa shape index (κ1) is 35.3. The number of phenols is 2. The Morgan fingerprint density at radius 2 is 0.840 bits per heavy atom. The van der Waals surface area contributed by atoms with Crippen LogP contribution in [0.4, 0.5) is 34.1 Å². The fourth-order valence-electron chi connectivity index (χ4n) is 5.20. The van der Waals surface area contributed by atoms with E-state index in [2.05, 4.69) is 20.5 Å². The van der Waals surface area contributed by atoms with Crippen LogP contribution >= 0.6 is 45.2 Å². The fourth-order valence-corrected chi connectivity index (χ4v) is 8.51. The van der Waals surface area contributed by atoms with Crippen molar-refractivity contribution in [3.63, 3.8) is 0 Å². The van der Waals surface area contributed by atoms with E-state index in [1.807, 2.05) is 45.2 Å². The standard InChI is InChI=1S/C32H22I2N6O8S2/c33-19-9-11-23(41)29-27(19)25(49(43,44)45)13-21(31(29)35)39-37-17-5-1-15(2-6-17)16-3-7-18(8-4-16)38-40-22-14-26(50(46,47)48)28-20(34)10-12-24(42)30(28)32(22)36/h1-14,41-42H,35-36H2,(H,43,44,45)(H,46,47,48)/b39-37+,40-38+. The number of hydrogen-bond donors (Lipinski definition) is 6. The maximum Gasteiger partial charge on any atom is 0.295 e. The van der Waals surface area contributed by atoms with E-state index in [1.54, 1.807) is 48.5 Å². The molecule has 0 spiro atoms. The van der Waals surface area contributed by atoms with Crippen LogP contribution in [0.2, 0.25) is 0 Å². The van der Waals surface area contributed by atoms with Crippen LogP contribution in [-0.2, 0) is 20.2 Å². The SMILES string of the molecule is Nc1c(/N=N/c2ccc(-c3ccc(/N=N/c4cc(S(=O)(=O)O)c5c(I)ccc(O)c5c4N)cc3)cc2)cc(S(=O)(=O)O)c2c(I)ccc(O)c12. The average molecular weight is 937 g/mol. The van der Waals surface area contributed by atoms with Crippen molar-refractivity contribution in [2.75, 3.05) is 11.5 Å². The number of anilines is 2. The van der Waals surface area contributed by atoms with Crippen LogP contribution in [0.3, 0.4) is 0 Å². The lowest BCUT2D eigenvalue weighted by Crippen LogP contribution is -2.02. The van der Waals surface area contributed by atoms with Crippen molar-refractivity contribution in [3.8, 4) is 22.6 Å². The topological polar surface area (TPSA) is 251 Å².